The number of carbonyl (C=O) groups excluding carboxylic acids is 2. The number of ether oxygens (including phenoxy) is 2. The van der Waals surface area contributed by atoms with Crippen LogP contribution in [-0.2, 0) is 11.3 Å². The number of rotatable bonds is 7. The lowest BCUT2D eigenvalue weighted by Crippen LogP contribution is -2.29. The summed E-state index contributed by atoms with van der Waals surface area (Å²) in [5, 5.41) is 5.34. The first-order valence-electron chi connectivity index (χ1n) is 9.50. The molecule has 0 aliphatic heterocycles. The number of hydrogen-bond acceptors (Lipinski definition) is 5. The van der Waals surface area contributed by atoms with Crippen LogP contribution in [0.1, 0.15) is 22.8 Å². The van der Waals surface area contributed by atoms with E-state index in [9.17, 15) is 14.4 Å². The molecule has 0 unspecified atom stereocenters. The van der Waals surface area contributed by atoms with Crippen LogP contribution >= 0.6 is 0 Å². The Morgan fingerprint density at radius 1 is 0.903 bits per heavy atom. The molecule has 0 radical (unpaired) electrons. The number of carbonyl (C=O) groups is 2. The minimum atomic E-state index is -0.539. The fourth-order valence-corrected chi connectivity index (χ4v) is 3.06. The zero-order valence-corrected chi connectivity index (χ0v) is 17.5. The summed E-state index contributed by atoms with van der Waals surface area (Å²) in [6, 6.07) is 15.1. The van der Waals surface area contributed by atoms with Gasteiger partial charge < -0.3 is 24.7 Å². The number of methoxy groups -OCH3 is 2. The van der Waals surface area contributed by atoms with Crippen molar-refractivity contribution in [1.29, 1.82) is 0 Å². The summed E-state index contributed by atoms with van der Waals surface area (Å²) < 4.78 is 12.0. The Kier molecular flexibility index (Phi) is 6.71. The highest BCUT2D eigenvalue weighted by molar-refractivity contribution is 6.04. The summed E-state index contributed by atoms with van der Waals surface area (Å²) in [5.74, 6) is 0.455. The molecule has 0 aliphatic carbocycles. The molecule has 160 valence electrons. The predicted molar refractivity (Wildman–Crippen MR) is 118 cm³/mol. The van der Waals surface area contributed by atoms with Gasteiger partial charge in [-0.05, 0) is 48.0 Å². The predicted octanol–water partition coefficient (Wildman–Crippen LogP) is 3.12. The molecule has 0 fully saturated rings. The molecule has 0 saturated heterocycles. The van der Waals surface area contributed by atoms with Crippen molar-refractivity contribution in [3.63, 3.8) is 0 Å². The van der Waals surface area contributed by atoms with Crippen LogP contribution in [0.2, 0.25) is 0 Å². The van der Waals surface area contributed by atoms with Crippen LogP contribution in [0.5, 0.6) is 11.5 Å². The van der Waals surface area contributed by atoms with Gasteiger partial charge in [0.1, 0.15) is 17.1 Å². The van der Waals surface area contributed by atoms with E-state index in [0.29, 0.717) is 22.9 Å². The highest BCUT2D eigenvalue weighted by Gasteiger charge is 2.14. The Morgan fingerprint density at radius 3 is 2.16 bits per heavy atom. The average molecular weight is 421 g/mol. The molecule has 2 aromatic carbocycles. The molecule has 0 spiro atoms. The molecule has 0 aliphatic rings. The molecule has 3 rings (SSSR count). The van der Waals surface area contributed by atoms with Gasteiger partial charge in [0.05, 0.1) is 20.8 Å². The van der Waals surface area contributed by atoms with Crippen LogP contribution < -0.4 is 25.7 Å². The normalized spacial score (nSPS) is 10.3. The van der Waals surface area contributed by atoms with Gasteiger partial charge in [-0.15, -0.1) is 0 Å². The third-order valence-corrected chi connectivity index (χ3v) is 4.47. The second kappa shape index (κ2) is 9.62. The van der Waals surface area contributed by atoms with E-state index >= 15 is 0 Å². The quantitative estimate of drug-likeness (QED) is 0.611. The van der Waals surface area contributed by atoms with Crippen LogP contribution in [-0.4, -0.2) is 30.6 Å². The lowest BCUT2D eigenvalue weighted by atomic mass is 10.2. The Hall–Kier alpha value is -4.07. The van der Waals surface area contributed by atoms with Gasteiger partial charge in [-0.3, -0.25) is 14.4 Å². The van der Waals surface area contributed by atoms with Crippen molar-refractivity contribution in [3.05, 3.63) is 82.3 Å². The molecule has 1 heterocycles. The van der Waals surface area contributed by atoms with Crippen molar-refractivity contribution in [2.75, 3.05) is 24.9 Å². The number of pyridine rings is 1. The van der Waals surface area contributed by atoms with E-state index < -0.39 is 11.5 Å². The number of benzene rings is 2. The topological polar surface area (TPSA) is 98.7 Å². The van der Waals surface area contributed by atoms with Gasteiger partial charge in [0.15, 0.2) is 0 Å². The summed E-state index contributed by atoms with van der Waals surface area (Å²) in [7, 11) is 3.10. The molecular formula is C23H23N3O5. The number of amides is 2. The molecule has 2 N–H and O–H groups in total. The van der Waals surface area contributed by atoms with Gasteiger partial charge in [0, 0.05) is 30.6 Å². The van der Waals surface area contributed by atoms with Gasteiger partial charge in [-0.1, -0.05) is 6.07 Å². The minimum Gasteiger partial charge on any atom is -0.497 e. The molecule has 31 heavy (non-hydrogen) atoms. The van der Waals surface area contributed by atoms with Gasteiger partial charge >= 0.3 is 0 Å². The zero-order chi connectivity index (χ0) is 22.4. The second-order valence-corrected chi connectivity index (χ2v) is 6.79. The van der Waals surface area contributed by atoms with E-state index in [2.05, 4.69) is 10.6 Å². The van der Waals surface area contributed by atoms with Crippen molar-refractivity contribution >= 4 is 23.2 Å². The molecule has 0 saturated carbocycles. The lowest BCUT2D eigenvalue weighted by molar-refractivity contribution is -0.114. The number of aromatic nitrogens is 1. The van der Waals surface area contributed by atoms with Gasteiger partial charge in [0.25, 0.3) is 11.5 Å². The van der Waals surface area contributed by atoms with Gasteiger partial charge in [-0.2, -0.15) is 0 Å². The zero-order valence-electron chi connectivity index (χ0n) is 17.5. The number of nitrogens with zero attached hydrogens (tertiary/aromatic N) is 1. The molecule has 0 atom stereocenters. The molecule has 3 aromatic rings. The highest BCUT2D eigenvalue weighted by atomic mass is 16.5. The standard InChI is InChI=1S/C23H23N3O5/c1-15(27)24-17-6-4-7-18(12-17)25-22(28)21-8-5-9-26(23(21)29)14-16-10-19(30-2)13-20(11-16)31-3/h4-13H,14H2,1-3H3,(H,24,27)(H,25,28). The first-order chi connectivity index (χ1) is 14.9. The molecule has 1 aromatic heterocycles. The summed E-state index contributed by atoms with van der Waals surface area (Å²) in [5.41, 5.74) is 1.37. The van der Waals surface area contributed by atoms with Crippen LogP contribution in [0, 0.1) is 0 Å². The van der Waals surface area contributed by atoms with Crippen molar-refractivity contribution in [2.24, 2.45) is 0 Å². The van der Waals surface area contributed by atoms with E-state index in [1.54, 1.807) is 68.9 Å². The van der Waals surface area contributed by atoms with Crippen molar-refractivity contribution in [3.8, 4) is 11.5 Å². The van der Waals surface area contributed by atoms with E-state index in [1.165, 1.54) is 17.6 Å². The van der Waals surface area contributed by atoms with Gasteiger partial charge in [-0.25, -0.2) is 0 Å². The summed E-state index contributed by atoms with van der Waals surface area (Å²) >= 11 is 0. The fraction of sp³-hybridized carbons (Fsp3) is 0.174. The third kappa shape index (κ3) is 5.51. The Balaban J connectivity index is 1.83. The fourth-order valence-electron chi connectivity index (χ4n) is 3.06. The van der Waals surface area contributed by atoms with Crippen LogP contribution in [0.4, 0.5) is 11.4 Å². The summed E-state index contributed by atoms with van der Waals surface area (Å²) in [6.07, 6.45) is 1.61. The summed E-state index contributed by atoms with van der Waals surface area (Å²) in [6.45, 7) is 1.64. The van der Waals surface area contributed by atoms with E-state index in [4.69, 9.17) is 9.47 Å². The van der Waals surface area contributed by atoms with Crippen molar-refractivity contribution in [2.45, 2.75) is 13.5 Å². The van der Waals surface area contributed by atoms with Crippen LogP contribution in [0.3, 0.4) is 0 Å². The lowest BCUT2D eigenvalue weighted by Gasteiger charge is -2.12. The monoisotopic (exact) mass is 421 g/mol. The van der Waals surface area contributed by atoms with Gasteiger partial charge in [0.2, 0.25) is 5.91 Å². The maximum Gasteiger partial charge on any atom is 0.263 e. The number of nitrogens with one attached hydrogen (secondary N) is 2. The van der Waals surface area contributed by atoms with Crippen molar-refractivity contribution < 1.29 is 19.1 Å². The smallest absolute Gasteiger partial charge is 0.263 e. The Morgan fingerprint density at radius 2 is 1.55 bits per heavy atom. The van der Waals surface area contributed by atoms with E-state index in [-0.39, 0.29) is 18.0 Å². The second-order valence-electron chi connectivity index (χ2n) is 6.79. The largest absolute Gasteiger partial charge is 0.497 e. The van der Waals surface area contributed by atoms with Crippen molar-refractivity contribution in [1.82, 2.24) is 4.57 Å². The molecule has 0 bridgehead atoms. The molecule has 8 nitrogen and oxygen atoms in total. The van der Waals surface area contributed by atoms with Crippen LogP contribution in [0.15, 0.2) is 65.6 Å². The molecule has 2 amide bonds. The maximum atomic E-state index is 12.9. The summed E-state index contributed by atoms with van der Waals surface area (Å²) in [4.78, 5) is 36.9. The number of anilines is 2. The van der Waals surface area contributed by atoms with E-state index in [0.717, 1.165) is 5.56 Å². The minimum absolute atomic E-state index is 0.00212. The Labute approximate surface area is 179 Å². The molecular weight excluding hydrogens is 398 g/mol. The average Bonchev–Trinajstić information content (AvgIpc) is 2.74. The highest BCUT2D eigenvalue weighted by Crippen LogP contribution is 2.23. The maximum absolute atomic E-state index is 12.9. The van der Waals surface area contributed by atoms with E-state index in [1.807, 2.05) is 0 Å². The SMILES string of the molecule is COc1cc(Cn2cccc(C(=O)Nc3cccc(NC(C)=O)c3)c2=O)cc(OC)c1. The Bertz CT molecular complexity index is 1150. The van der Waals surface area contributed by atoms with Crippen LogP contribution in [0.25, 0.3) is 0 Å². The third-order valence-electron chi connectivity index (χ3n) is 4.47. The first kappa shape index (κ1) is 21.6. The first-order valence-corrected chi connectivity index (χ1v) is 9.50. The number of hydrogen-bond donors (Lipinski definition) is 2. The molecule has 8 heteroatoms.